The van der Waals surface area contributed by atoms with Crippen molar-refractivity contribution < 1.29 is 4.79 Å². The fraction of sp³-hybridized carbons (Fsp3) is 0.438. The van der Waals surface area contributed by atoms with Crippen molar-refractivity contribution in [1.82, 2.24) is 20.0 Å². The van der Waals surface area contributed by atoms with E-state index in [1.807, 2.05) is 30.0 Å². The van der Waals surface area contributed by atoms with Gasteiger partial charge in [-0.05, 0) is 13.0 Å². The van der Waals surface area contributed by atoms with Crippen LogP contribution in [0.25, 0.3) is 10.8 Å². The van der Waals surface area contributed by atoms with Crippen molar-refractivity contribution in [3.05, 3.63) is 40.3 Å². The van der Waals surface area contributed by atoms with Crippen molar-refractivity contribution in [2.75, 3.05) is 19.6 Å². The molecule has 0 aliphatic carbocycles. The first-order valence-electron chi connectivity index (χ1n) is 7.53. The number of nitrogens with one attached hydrogen (secondary N) is 1. The minimum Gasteiger partial charge on any atom is -0.337 e. The van der Waals surface area contributed by atoms with E-state index in [9.17, 15) is 9.59 Å². The molecule has 116 valence electrons. The Hall–Kier alpha value is -2.21. The summed E-state index contributed by atoms with van der Waals surface area (Å²) in [6, 6.07) is 7.51. The summed E-state index contributed by atoms with van der Waals surface area (Å²) in [6.45, 7) is 4.38. The molecule has 0 spiro atoms. The maximum absolute atomic E-state index is 12.6. The minimum absolute atomic E-state index is 0.0605. The SMILES string of the molecule is C[C@@H]1CNCCN1C(=O)Cc1nn(C)c(=O)c2ccccc12. The molecule has 1 aliphatic rings. The molecule has 2 aromatic rings. The third kappa shape index (κ3) is 2.62. The van der Waals surface area contributed by atoms with Crippen LogP contribution in [-0.4, -0.2) is 46.3 Å². The number of carbonyl (C=O) groups excluding carboxylic acids is 1. The quantitative estimate of drug-likeness (QED) is 0.866. The van der Waals surface area contributed by atoms with Crippen LogP contribution in [0.4, 0.5) is 0 Å². The Morgan fingerprint density at radius 2 is 2.09 bits per heavy atom. The number of nitrogens with zero attached hydrogens (tertiary/aromatic N) is 3. The van der Waals surface area contributed by atoms with Gasteiger partial charge in [0.2, 0.25) is 5.91 Å². The molecular formula is C16H20N4O2. The van der Waals surface area contributed by atoms with E-state index in [2.05, 4.69) is 10.4 Å². The fourth-order valence-electron chi connectivity index (χ4n) is 2.96. The number of benzene rings is 1. The number of amides is 1. The molecule has 0 bridgehead atoms. The van der Waals surface area contributed by atoms with Gasteiger partial charge >= 0.3 is 0 Å². The lowest BCUT2D eigenvalue weighted by Crippen LogP contribution is -2.52. The van der Waals surface area contributed by atoms with Gasteiger partial charge in [0.15, 0.2) is 0 Å². The first kappa shape index (κ1) is 14.7. The van der Waals surface area contributed by atoms with E-state index in [0.29, 0.717) is 17.6 Å². The Labute approximate surface area is 128 Å². The molecule has 0 saturated carbocycles. The number of aryl methyl sites for hydroxylation is 1. The molecule has 6 heteroatoms. The number of carbonyl (C=O) groups is 1. The summed E-state index contributed by atoms with van der Waals surface area (Å²) < 4.78 is 1.31. The van der Waals surface area contributed by atoms with Crippen molar-refractivity contribution in [2.24, 2.45) is 7.05 Å². The number of hydrogen-bond acceptors (Lipinski definition) is 4. The van der Waals surface area contributed by atoms with Gasteiger partial charge in [0.1, 0.15) is 0 Å². The van der Waals surface area contributed by atoms with E-state index in [4.69, 9.17) is 0 Å². The van der Waals surface area contributed by atoms with E-state index in [0.717, 1.165) is 18.5 Å². The molecule has 1 fully saturated rings. The van der Waals surface area contributed by atoms with Crippen molar-refractivity contribution >= 4 is 16.7 Å². The third-order valence-electron chi connectivity index (χ3n) is 4.17. The van der Waals surface area contributed by atoms with Gasteiger partial charge in [-0.2, -0.15) is 5.10 Å². The topological polar surface area (TPSA) is 67.2 Å². The average Bonchev–Trinajstić information content (AvgIpc) is 2.52. The normalized spacial score (nSPS) is 18.6. The molecule has 1 aromatic heterocycles. The van der Waals surface area contributed by atoms with Crippen LogP contribution in [0, 0.1) is 0 Å². The molecule has 1 atom stereocenters. The summed E-state index contributed by atoms with van der Waals surface area (Å²) in [6.07, 6.45) is 0.221. The van der Waals surface area contributed by atoms with Crippen molar-refractivity contribution in [3.8, 4) is 0 Å². The summed E-state index contributed by atoms with van der Waals surface area (Å²) in [4.78, 5) is 26.6. The number of hydrogen-bond donors (Lipinski definition) is 1. The van der Waals surface area contributed by atoms with Crippen LogP contribution in [0.2, 0.25) is 0 Å². The van der Waals surface area contributed by atoms with Gasteiger partial charge in [-0.1, -0.05) is 18.2 Å². The van der Waals surface area contributed by atoms with E-state index in [1.54, 1.807) is 13.1 Å². The molecule has 1 aliphatic heterocycles. The Morgan fingerprint density at radius 1 is 1.36 bits per heavy atom. The van der Waals surface area contributed by atoms with Crippen LogP contribution in [0.15, 0.2) is 29.1 Å². The average molecular weight is 300 g/mol. The van der Waals surface area contributed by atoms with Crippen LogP contribution in [0.5, 0.6) is 0 Å². The van der Waals surface area contributed by atoms with Crippen molar-refractivity contribution in [3.63, 3.8) is 0 Å². The van der Waals surface area contributed by atoms with Gasteiger partial charge in [-0.15, -0.1) is 0 Å². The second-order valence-corrected chi connectivity index (χ2v) is 5.74. The third-order valence-corrected chi connectivity index (χ3v) is 4.17. The van der Waals surface area contributed by atoms with E-state index in [1.165, 1.54) is 4.68 Å². The van der Waals surface area contributed by atoms with Crippen LogP contribution in [0.3, 0.4) is 0 Å². The summed E-state index contributed by atoms with van der Waals surface area (Å²) in [5.74, 6) is 0.0605. The molecular weight excluding hydrogens is 280 g/mol. The van der Waals surface area contributed by atoms with Gasteiger partial charge in [-0.3, -0.25) is 9.59 Å². The van der Waals surface area contributed by atoms with Gasteiger partial charge in [0.05, 0.1) is 17.5 Å². The second kappa shape index (κ2) is 5.88. The maximum atomic E-state index is 12.6. The highest BCUT2D eigenvalue weighted by Gasteiger charge is 2.24. The molecule has 0 radical (unpaired) electrons. The van der Waals surface area contributed by atoms with Crippen molar-refractivity contribution in [2.45, 2.75) is 19.4 Å². The van der Waals surface area contributed by atoms with Crippen LogP contribution in [-0.2, 0) is 18.3 Å². The van der Waals surface area contributed by atoms with Gasteiger partial charge < -0.3 is 10.2 Å². The molecule has 1 saturated heterocycles. The highest BCUT2D eigenvalue weighted by Crippen LogP contribution is 2.15. The van der Waals surface area contributed by atoms with Crippen molar-refractivity contribution in [1.29, 1.82) is 0 Å². The largest absolute Gasteiger partial charge is 0.337 e. The fourth-order valence-corrected chi connectivity index (χ4v) is 2.96. The molecule has 3 rings (SSSR count). The van der Waals surface area contributed by atoms with Gasteiger partial charge in [-0.25, -0.2) is 4.68 Å². The number of fused-ring (bicyclic) bond motifs is 1. The standard InChI is InChI=1S/C16H20N4O2/c1-11-10-17-7-8-20(11)15(21)9-14-12-5-3-4-6-13(12)16(22)19(2)18-14/h3-6,11,17H,7-10H2,1-2H3/t11-/m1/s1. The summed E-state index contributed by atoms with van der Waals surface area (Å²) in [5, 5.41) is 8.95. The second-order valence-electron chi connectivity index (χ2n) is 5.74. The highest BCUT2D eigenvalue weighted by molar-refractivity contribution is 5.88. The Balaban J connectivity index is 1.95. The predicted molar refractivity (Wildman–Crippen MR) is 84.7 cm³/mol. The lowest BCUT2D eigenvalue weighted by Gasteiger charge is -2.34. The minimum atomic E-state index is -0.137. The maximum Gasteiger partial charge on any atom is 0.274 e. The first-order chi connectivity index (χ1) is 10.6. The highest BCUT2D eigenvalue weighted by atomic mass is 16.2. The first-order valence-corrected chi connectivity index (χ1v) is 7.53. The molecule has 6 nitrogen and oxygen atoms in total. The predicted octanol–water partition coefficient (Wildman–Crippen LogP) is 0.296. The molecule has 2 heterocycles. The lowest BCUT2D eigenvalue weighted by atomic mass is 10.1. The zero-order valence-corrected chi connectivity index (χ0v) is 12.9. The summed E-state index contributed by atoms with van der Waals surface area (Å²) >= 11 is 0. The van der Waals surface area contributed by atoms with Crippen LogP contribution < -0.4 is 10.9 Å². The number of aromatic nitrogens is 2. The zero-order valence-electron chi connectivity index (χ0n) is 12.9. The Bertz CT molecular complexity index is 768. The molecule has 1 aromatic carbocycles. The van der Waals surface area contributed by atoms with E-state index in [-0.39, 0.29) is 23.9 Å². The Morgan fingerprint density at radius 3 is 2.82 bits per heavy atom. The van der Waals surface area contributed by atoms with E-state index >= 15 is 0 Å². The molecule has 22 heavy (non-hydrogen) atoms. The van der Waals surface area contributed by atoms with Gasteiger partial charge in [0, 0.05) is 38.1 Å². The summed E-state index contributed by atoms with van der Waals surface area (Å²) in [5.41, 5.74) is 0.524. The number of rotatable bonds is 2. The molecule has 1 amide bonds. The number of piperazine rings is 1. The smallest absolute Gasteiger partial charge is 0.274 e. The van der Waals surface area contributed by atoms with Crippen LogP contribution >= 0.6 is 0 Å². The summed E-state index contributed by atoms with van der Waals surface area (Å²) in [7, 11) is 1.62. The van der Waals surface area contributed by atoms with E-state index < -0.39 is 0 Å². The molecule has 1 N–H and O–H groups in total. The van der Waals surface area contributed by atoms with Crippen LogP contribution in [0.1, 0.15) is 12.6 Å². The zero-order chi connectivity index (χ0) is 15.7. The lowest BCUT2D eigenvalue weighted by molar-refractivity contribution is -0.133. The molecule has 0 unspecified atom stereocenters. The monoisotopic (exact) mass is 300 g/mol. The Kier molecular flexibility index (Phi) is 3.94. The van der Waals surface area contributed by atoms with Gasteiger partial charge in [0.25, 0.3) is 5.56 Å².